The molecule has 1 heterocycles. The van der Waals surface area contributed by atoms with Gasteiger partial charge < -0.3 is 15.7 Å². The Kier molecular flexibility index (Phi) is 5.95. The van der Waals surface area contributed by atoms with Crippen molar-refractivity contribution in [3.05, 3.63) is 16.1 Å². The highest BCUT2D eigenvalue weighted by molar-refractivity contribution is 7.09. The van der Waals surface area contributed by atoms with Crippen molar-refractivity contribution in [3.63, 3.8) is 0 Å². The fourth-order valence-electron chi connectivity index (χ4n) is 1.53. The van der Waals surface area contributed by atoms with Crippen LogP contribution in [0.5, 0.6) is 0 Å². The first-order valence-electron chi connectivity index (χ1n) is 6.88. The zero-order valence-corrected chi connectivity index (χ0v) is 13.7. The van der Waals surface area contributed by atoms with Gasteiger partial charge in [0.05, 0.1) is 17.8 Å². The van der Waals surface area contributed by atoms with E-state index in [4.69, 9.17) is 5.11 Å². The number of aromatic nitrogens is 1. The van der Waals surface area contributed by atoms with Crippen LogP contribution in [0.15, 0.2) is 5.38 Å². The smallest absolute Gasteiger partial charge is 0.315 e. The largest absolute Gasteiger partial charge is 0.393 e. The molecule has 0 saturated carbocycles. The van der Waals surface area contributed by atoms with Gasteiger partial charge in [-0.15, -0.1) is 11.3 Å². The van der Waals surface area contributed by atoms with Gasteiger partial charge >= 0.3 is 6.03 Å². The first-order valence-corrected chi connectivity index (χ1v) is 7.76. The highest BCUT2D eigenvalue weighted by atomic mass is 32.1. The van der Waals surface area contributed by atoms with Gasteiger partial charge in [-0.05, 0) is 20.3 Å². The van der Waals surface area contributed by atoms with Crippen LogP contribution in [0.2, 0.25) is 0 Å². The summed E-state index contributed by atoms with van der Waals surface area (Å²) in [5.41, 5.74) is 1.06. The summed E-state index contributed by atoms with van der Waals surface area (Å²) >= 11 is 1.56. The van der Waals surface area contributed by atoms with Crippen molar-refractivity contribution < 1.29 is 9.90 Å². The maximum atomic E-state index is 11.7. The second-order valence-corrected chi connectivity index (χ2v) is 6.97. The standard InChI is InChI=1S/C14H25N3O2S/c1-9(18)6-7-15-13(19)16-10(2)12-17-11(8-20-12)14(3,4)5/h8-10,18H,6-7H2,1-5H3,(H2,15,16,19). The molecule has 0 aliphatic heterocycles. The molecule has 0 radical (unpaired) electrons. The van der Waals surface area contributed by atoms with E-state index in [-0.39, 0.29) is 17.5 Å². The van der Waals surface area contributed by atoms with E-state index in [1.807, 2.05) is 12.3 Å². The third-order valence-electron chi connectivity index (χ3n) is 2.86. The second kappa shape index (κ2) is 7.04. The van der Waals surface area contributed by atoms with Crippen molar-refractivity contribution in [2.24, 2.45) is 0 Å². The molecular formula is C14H25N3O2S. The van der Waals surface area contributed by atoms with Crippen molar-refractivity contribution in [2.45, 2.75) is 58.6 Å². The fraction of sp³-hybridized carbons (Fsp3) is 0.714. The lowest BCUT2D eigenvalue weighted by atomic mass is 9.93. The molecule has 0 spiro atoms. The number of hydrogen-bond acceptors (Lipinski definition) is 4. The summed E-state index contributed by atoms with van der Waals surface area (Å²) in [5, 5.41) is 17.6. The summed E-state index contributed by atoms with van der Waals surface area (Å²) in [6, 6.07) is -0.353. The molecule has 20 heavy (non-hydrogen) atoms. The van der Waals surface area contributed by atoms with Crippen LogP contribution in [-0.4, -0.2) is 28.8 Å². The molecule has 114 valence electrons. The Balaban J connectivity index is 2.48. The molecular weight excluding hydrogens is 274 g/mol. The Bertz CT molecular complexity index is 438. The number of carbonyl (C=O) groups is 1. The van der Waals surface area contributed by atoms with Crippen LogP contribution in [0, 0.1) is 0 Å². The normalized spacial score (nSPS) is 14.7. The van der Waals surface area contributed by atoms with E-state index in [9.17, 15) is 4.79 Å². The maximum absolute atomic E-state index is 11.7. The highest BCUT2D eigenvalue weighted by Crippen LogP contribution is 2.26. The van der Waals surface area contributed by atoms with Crippen molar-refractivity contribution in [3.8, 4) is 0 Å². The number of hydrogen-bond donors (Lipinski definition) is 3. The molecule has 1 aromatic rings. The number of carbonyl (C=O) groups excluding carboxylic acids is 1. The lowest BCUT2D eigenvalue weighted by Crippen LogP contribution is -2.38. The van der Waals surface area contributed by atoms with E-state index in [1.54, 1.807) is 18.3 Å². The molecule has 2 unspecified atom stereocenters. The zero-order chi connectivity index (χ0) is 15.3. The molecule has 1 rings (SSSR count). The molecule has 0 saturated heterocycles. The Labute approximate surface area is 124 Å². The van der Waals surface area contributed by atoms with E-state index < -0.39 is 6.10 Å². The third-order valence-corrected chi connectivity index (χ3v) is 3.88. The molecule has 0 fully saturated rings. The van der Waals surface area contributed by atoms with E-state index in [1.165, 1.54) is 0 Å². The van der Waals surface area contributed by atoms with Gasteiger partial charge in [-0.2, -0.15) is 0 Å². The molecule has 1 aromatic heterocycles. The summed E-state index contributed by atoms with van der Waals surface area (Å²) in [7, 11) is 0. The number of rotatable bonds is 5. The molecule has 0 bridgehead atoms. The van der Waals surface area contributed by atoms with Crippen molar-refractivity contribution in [1.82, 2.24) is 15.6 Å². The van der Waals surface area contributed by atoms with Gasteiger partial charge in [0.1, 0.15) is 5.01 Å². The van der Waals surface area contributed by atoms with Crippen LogP contribution < -0.4 is 10.6 Å². The molecule has 2 amide bonds. The van der Waals surface area contributed by atoms with Crippen LogP contribution in [-0.2, 0) is 5.41 Å². The zero-order valence-electron chi connectivity index (χ0n) is 12.9. The number of aliphatic hydroxyl groups is 1. The number of nitrogens with zero attached hydrogens (tertiary/aromatic N) is 1. The first kappa shape index (κ1) is 16.9. The Morgan fingerprint density at radius 3 is 2.60 bits per heavy atom. The van der Waals surface area contributed by atoms with E-state index in [0.29, 0.717) is 13.0 Å². The topological polar surface area (TPSA) is 74.2 Å². The van der Waals surface area contributed by atoms with Gasteiger partial charge in [0.2, 0.25) is 0 Å². The minimum absolute atomic E-state index is 0.0218. The summed E-state index contributed by atoms with van der Waals surface area (Å²) in [4.78, 5) is 16.3. The molecule has 2 atom stereocenters. The predicted octanol–water partition coefficient (Wildman–Crippen LogP) is 2.57. The number of thiazole rings is 1. The number of aliphatic hydroxyl groups excluding tert-OH is 1. The average Bonchev–Trinajstić information content (AvgIpc) is 2.76. The minimum atomic E-state index is -0.402. The summed E-state index contributed by atoms with van der Waals surface area (Å²) in [6.45, 7) is 10.4. The third kappa shape index (κ3) is 5.46. The Morgan fingerprint density at radius 1 is 1.45 bits per heavy atom. The fourth-order valence-corrected chi connectivity index (χ4v) is 2.59. The molecule has 6 heteroatoms. The van der Waals surface area contributed by atoms with Gasteiger partial charge in [-0.1, -0.05) is 20.8 Å². The van der Waals surface area contributed by atoms with Crippen molar-refractivity contribution in [2.75, 3.05) is 6.54 Å². The molecule has 3 N–H and O–H groups in total. The van der Waals surface area contributed by atoms with Crippen LogP contribution in [0.4, 0.5) is 4.79 Å². The summed E-state index contributed by atoms with van der Waals surface area (Å²) in [5.74, 6) is 0. The van der Waals surface area contributed by atoms with Gasteiger partial charge in [0, 0.05) is 17.3 Å². The molecule has 0 aliphatic rings. The molecule has 5 nitrogen and oxygen atoms in total. The quantitative estimate of drug-likeness (QED) is 0.782. The van der Waals surface area contributed by atoms with Gasteiger partial charge in [0.25, 0.3) is 0 Å². The van der Waals surface area contributed by atoms with E-state index in [2.05, 4.69) is 36.4 Å². The first-order chi connectivity index (χ1) is 9.20. The van der Waals surface area contributed by atoms with Gasteiger partial charge in [-0.3, -0.25) is 0 Å². The summed E-state index contributed by atoms with van der Waals surface area (Å²) < 4.78 is 0. The van der Waals surface area contributed by atoms with E-state index >= 15 is 0 Å². The summed E-state index contributed by atoms with van der Waals surface area (Å²) in [6.07, 6.45) is 0.147. The van der Waals surface area contributed by atoms with Crippen LogP contribution in [0.3, 0.4) is 0 Å². The minimum Gasteiger partial charge on any atom is -0.393 e. The second-order valence-electron chi connectivity index (χ2n) is 6.08. The predicted molar refractivity (Wildman–Crippen MR) is 82.1 cm³/mol. The SMILES string of the molecule is CC(O)CCNC(=O)NC(C)c1nc(C(C)(C)C)cs1. The van der Waals surface area contributed by atoms with Crippen LogP contribution >= 0.6 is 11.3 Å². The van der Waals surface area contributed by atoms with Gasteiger partial charge in [-0.25, -0.2) is 9.78 Å². The number of amides is 2. The highest BCUT2D eigenvalue weighted by Gasteiger charge is 2.20. The maximum Gasteiger partial charge on any atom is 0.315 e. The van der Waals surface area contributed by atoms with Crippen molar-refractivity contribution in [1.29, 1.82) is 0 Å². The van der Waals surface area contributed by atoms with Gasteiger partial charge in [0.15, 0.2) is 0 Å². The number of urea groups is 1. The molecule has 0 aromatic carbocycles. The Hall–Kier alpha value is -1.14. The van der Waals surface area contributed by atoms with Crippen LogP contribution in [0.1, 0.15) is 57.8 Å². The average molecular weight is 299 g/mol. The Morgan fingerprint density at radius 2 is 2.10 bits per heavy atom. The van der Waals surface area contributed by atoms with Crippen LogP contribution in [0.25, 0.3) is 0 Å². The number of nitrogens with one attached hydrogen (secondary N) is 2. The van der Waals surface area contributed by atoms with E-state index in [0.717, 1.165) is 10.7 Å². The lowest BCUT2D eigenvalue weighted by molar-refractivity contribution is 0.183. The monoisotopic (exact) mass is 299 g/mol. The van der Waals surface area contributed by atoms with Crippen molar-refractivity contribution >= 4 is 17.4 Å². The molecule has 0 aliphatic carbocycles. The lowest BCUT2D eigenvalue weighted by Gasteiger charge is -2.15.